The van der Waals surface area contributed by atoms with E-state index in [1.165, 1.54) is 49.6 Å². The minimum Gasteiger partial charge on any atom is -0.506 e. The molecule has 0 spiro atoms. The van der Waals surface area contributed by atoms with Crippen molar-refractivity contribution in [2.24, 2.45) is 0 Å². The minimum atomic E-state index is -3.97. The highest BCUT2D eigenvalue weighted by Crippen LogP contribution is 2.39. The first kappa shape index (κ1) is 32.7. The van der Waals surface area contributed by atoms with Gasteiger partial charge in [-0.1, -0.05) is 38.1 Å². The largest absolute Gasteiger partial charge is 0.506 e. The fourth-order valence-electron chi connectivity index (χ4n) is 4.40. The average molecular weight is 631 g/mol. The zero-order chi connectivity index (χ0) is 32.7. The summed E-state index contributed by atoms with van der Waals surface area (Å²) in [6.07, 6.45) is 0.953. The second-order valence-electron chi connectivity index (χ2n) is 10.5. The number of hydrogen-bond donors (Lipinski definition) is 3. The summed E-state index contributed by atoms with van der Waals surface area (Å²) in [6, 6.07) is 21.8. The number of rotatable bonds is 11. The normalized spacial score (nSPS) is 11.7. The van der Waals surface area contributed by atoms with E-state index in [9.17, 15) is 27.9 Å². The Morgan fingerprint density at radius 1 is 0.867 bits per heavy atom. The molecule has 11 heteroatoms. The van der Waals surface area contributed by atoms with Crippen LogP contribution in [-0.2, 0) is 19.4 Å². The summed E-state index contributed by atoms with van der Waals surface area (Å²) in [4.78, 5) is 37.7. The maximum Gasteiger partial charge on any atom is 0.337 e. The molecule has 0 saturated carbocycles. The van der Waals surface area contributed by atoms with Crippen LogP contribution in [0.3, 0.4) is 0 Å². The highest BCUT2D eigenvalue weighted by molar-refractivity contribution is 7.92. The lowest BCUT2D eigenvalue weighted by Crippen LogP contribution is -2.23. The van der Waals surface area contributed by atoms with Crippen molar-refractivity contribution in [3.8, 4) is 17.2 Å². The number of benzene rings is 4. The Labute approximate surface area is 261 Å². The quantitative estimate of drug-likeness (QED) is 0.126. The first-order valence-corrected chi connectivity index (χ1v) is 15.8. The van der Waals surface area contributed by atoms with Gasteiger partial charge in [0.2, 0.25) is 5.91 Å². The zero-order valence-corrected chi connectivity index (χ0v) is 26.1. The number of carbonyl (C=O) groups is 3. The van der Waals surface area contributed by atoms with Gasteiger partial charge < -0.3 is 25.2 Å². The molecule has 0 saturated heterocycles. The molecule has 0 fully saturated rings. The Balaban J connectivity index is 1.62. The van der Waals surface area contributed by atoms with Gasteiger partial charge in [0.15, 0.2) is 15.6 Å². The van der Waals surface area contributed by atoms with Gasteiger partial charge in [-0.15, -0.1) is 0 Å². The molecular formula is C34H34N2O8S. The van der Waals surface area contributed by atoms with Crippen molar-refractivity contribution in [2.45, 2.75) is 38.0 Å². The van der Waals surface area contributed by atoms with E-state index in [4.69, 9.17) is 4.74 Å². The smallest absolute Gasteiger partial charge is 0.337 e. The molecule has 0 aromatic heterocycles. The number of hydrogen-bond acceptors (Lipinski definition) is 8. The molecular weight excluding hydrogens is 596 g/mol. The van der Waals surface area contributed by atoms with E-state index in [1.54, 1.807) is 31.2 Å². The summed E-state index contributed by atoms with van der Waals surface area (Å²) < 4.78 is 36.6. The number of amides is 2. The summed E-state index contributed by atoms with van der Waals surface area (Å²) in [5.74, 6) is -2.47. The number of anilines is 2. The standard InChI is InChI=1S/C34H34N2O8S/c1-5-22(3)23-13-15-26(16-14-23)44-31-19-28(36-33(39)24-9-11-25(12-10-24)34(40)43-4)30(37)18-29(31)35-32(38)20-45(41,42)27-8-6-7-21(2)17-27/h6-19,22,37H,5,20H2,1-4H3,(H,35,38)(H,36,39). The fraction of sp³-hybridized carbons (Fsp3) is 0.206. The van der Waals surface area contributed by atoms with Gasteiger partial charge in [-0.05, 0) is 78.9 Å². The fourth-order valence-corrected chi connectivity index (χ4v) is 5.63. The van der Waals surface area contributed by atoms with E-state index in [2.05, 4.69) is 29.2 Å². The highest BCUT2D eigenvalue weighted by Gasteiger charge is 2.22. The third-order valence-electron chi connectivity index (χ3n) is 7.15. The Morgan fingerprint density at radius 3 is 2.16 bits per heavy atom. The molecule has 45 heavy (non-hydrogen) atoms. The molecule has 0 aliphatic rings. The van der Waals surface area contributed by atoms with Crippen LogP contribution in [0.5, 0.6) is 17.2 Å². The van der Waals surface area contributed by atoms with E-state index >= 15 is 0 Å². The molecule has 1 atom stereocenters. The summed E-state index contributed by atoms with van der Waals surface area (Å²) in [6.45, 7) is 5.94. The van der Waals surface area contributed by atoms with Gasteiger partial charge in [0, 0.05) is 17.7 Å². The lowest BCUT2D eigenvalue weighted by atomic mass is 9.99. The Bertz CT molecular complexity index is 1820. The summed E-state index contributed by atoms with van der Waals surface area (Å²) >= 11 is 0. The number of nitrogens with one attached hydrogen (secondary N) is 2. The van der Waals surface area contributed by atoms with Crippen molar-refractivity contribution in [1.29, 1.82) is 0 Å². The minimum absolute atomic E-state index is 0.0102. The first-order chi connectivity index (χ1) is 21.4. The Morgan fingerprint density at radius 2 is 1.53 bits per heavy atom. The van der Waals surface area contributed by atoms with Gasteiger partial charge in [-0.2, -0.15) is 0 Å². The maximum atomic E-state index is 13.0. The van der Waals surface area contributed by atoms with Crippen LogP contribution in [0.2, 0.25) is 0 Å². The van der Waals surface area contributed by atoms with Gasteiger partial charge in [0.25, 0.3) is 5.91 Å². The van der Waals surface area contributed by atoms with Gasteiger partial charge in [-0.25, -0.2) is 13.2 Å². The van der Waals surface area contributed by atoms with Gasteiger partial charge in [-0.3, -0.25) is 9.59 Å². The SMILES string of the molecule is CCC(C)c1ccc(Oc2cc(NC(=O)c3ccc(C(=O)OC)cc3)c(O)cc2NC(=O)CS(=O)(=O)c2cccc(C)c2)cc1. The summed E-state index contributed by atoms with van der Waals surface area (Å²) in [5, 5.41) is 15.9. The average Bonchev–Trinajstić information content (AvgIpc) is 3.02. The summed E-state index contributed by atoms with van der Waals surface area (Å²) in [7, 11) is -2.72. The summed E-state index contributed by atoms with van der Waals surface area (Å²) in [5.41, 5.74) is 2.25. The van der Waals surface area contributed by atoms with Crippen LogP contribution in [0.4, 0.5) is 11.4 Å². The molecule has 10 nitrogen and oxygen atoms in total. The second kappa shape index (κ2) is 14.1. The lowest BCUT2D eigenvalue weighted by Gasteiger charge is -2.17. The van der Waals surface area contributed by atoms with Crippen molar-refractivity contribution in [3.63, 3.8) is 0 Å². The zero-order valence-electron chi connectivity index (χ0n) is 25.3. The molecule has 0 aliphatic heterocycles. The first-order valence-electron chi connectivity index (χ1n) is 14.1. The second-order valence-corrected chi connectivity index (χ2v) is 12.5. The van der Waals surface area contributed by atoms with E-state index < -0.39 is 39.1 Å². The van der Waals surface area contributed by atoms with E-state index in [0.29, 0.717) is 11.7 Å². The molecule has 0 bridgehead atoms. The maximum absolute atomic E-state index is 13.0. The molecule has 0 heterocycles. The van der Waals surface area contributed by atoms with Crippen molar-refractivity contribution in [1.82, 2.24) is 0 Å². The van der Waals surface area contributed by atoms with Gasteiger partial charge >= 0.3 is 5.97 Å². The van der Waals surface area contributed by atoms with Crippen LogP contribution in [0, 0.1) is 6.92 Å². The third kappa shape index (κ3) is 8.27. The molecule has 4 aromatic rings. The molecule has 1 unspecified atom stereocenters. The van der Waals surface area contributed by atoms with Crippen LogP contribution in [0.1, 0.15) is 58.0 Å². The van der Waals surface area contributed by atoms with Crippen molar-refractivity contribution in [2.75, 3.05) is 23.5 Å². The highest BCUT2D eigenvalue weighted by atomic mass is 32.2. The molecule has 2 amide bonds. The van der Waals surface area contributed by atoms with Crippen LogP contribution in [-0.4, -0.2) is 44.2 Å². The number of methoxy groups -OCH3 is 1. The van der Waals surface area contributed by atoms with Crippen LogP contribution >= 0.6 is 0 Å². The monoisotopic (exact) mass is 630 g/mol. The van der Waals surface area contributed by atoms with E-state index in [0.717, 1.165) is 23.6 Å². The number of phenols is 1. The number of esters is 1. The Kier molecular flexibility index (Phi) is 10.2. The van der Waals surface area contributed by atoms with Crippen LogP contribution < -0.4 is 15.4 Å². The number of aromatic hydroxyl groups is 1. The van der Waals surface area contributed by atoms with Crippen LogP contribution in [0.25, 0.3) is 0 Å². The molecule has 234 valence electrons. The molecule has 4 aromatic carbocycles. The number of sulfone groups is 1. The predicted octanol–water partition coefficient (Wildman–Crippen LogP) is 6.46. The Hall–Kier alpha value is -5.16. The molecule has 0 aliphatic carbocycles. The number of carbonyl (C=O) groups excluding carboxylic acids is 3. The van der Waals surface area contributed by atoms with Crippen LogP contribution in [0.15, 0.2) is 89.8 Å². The van der Waals surface area contributed by atoms with Crippen molar-refractivity contribution >= 4 is 39.0 Å². The van der Waals surface area contributed by atoms with Crippen molar-refractivity contribution in [3.05, 3.63) is 107 Å². The van der Waals surface area contributed by atoms with E-state index in [1.807, 2.05) is 12.1 Å². The van der Waals surface area contributed by atoms with Gasteiger partial charge in [0.1, 0.15) is 17.3 Å². The number of phenolic OH excluding ortho intramolecular Hbond substituents is 1. The molecule has 0 radical (unpaired) electrons. The predicted molar refractivity (Wildman–Crippen MR) is 171 cm³/mol. The van der Waals surface area contributed by atoms with E-state index in [-0.39, 0.29) is 33.1 Å². The third-order valence-corrected chi connectivity index (χ3v) is 8.76. The molecule has 3 N–H and O–H groups in total. The lowest BCUT2D eigenvalue weighted by molar-refractivity contribution is -0.113. The van der Waals surface area contributed by atoms with Gasteiger partial charge in [0.05, 0.1) is 28.9 Å². The number of aryl methyl sites for hydroxylation is 1. The molecule has 4 rings (SSSR count). The number of ether oxygens (including phenoxy) is 2. The van der Waals surface area contributed by atoms with Crippen molar-refractivity contribution < 1.29 is 37.4 Å². The topological polar surface area (TPSA) is 148 Å².